The molecular formula is C88H157NO8. The lowest BCUT2D eigenvalue weighted by Gasteiger charge is -2.40. The molecule has 1 aliphatic rings. The Kier molecular flexibility index (Phi) is 71.5. The van der Waals surface area contributed by atoms with E-state index in [1.54, 1.807) is 6.08 Å². The van der Waals surface area contributed by atoms with Crippen LogP contribution in [0.3, 0.4) is 0 Å². The highest BCUT2D eigenvalue weighted by Gasteiger charge is 2.44. The third kappa shape index (κ3) is 63.5. The predicted octanol–water partition coefficient (Wildman–Crippen LogP) is 24.3. The van der Waals surface area contributed by atoms with Crippen molar-refractivity contribution in [2.24, 2.45) is 0 Å². The van der Waals surface area contributed by atoms with Gasteiger partial charge in [0.05, 0.1) is 25.4 Å². The average Bonchev–Trinajstić information content (AvgIpc) is 0.854. The van der Waals surface area contributed by atoms with Gasteiger partial charge in [0, 0.05) is 6.42 Å². The highest BCUT2D eigenvalue weighted by molar-refractivity contribution is 5.76. The van der Waals surface area contributed by atoms with Gasteiger partial charge in [-0.1, -0.05) is 406 Å². The minimum Gasteiger partial charge on any atom is -0.394 e. The van der Waals surface area contributed by atoms with Crippen LogP contribution in [0.4, 0.5) is 0 Å². The van der Waals surface area contributed by atoms with Crippen molar-refractivity contribution in [2.75, 3.05) is 13.2 Å². The summed E-state index contributed by atoms with van der Waals surface area (Å²) in [4.78, 5) is 13.2. The second-order valence-corrected chi connectivity index (χ2v) is 28.5. The molecular weight excluding hydrogens is 1200 g/mol. The minimum absolute atomic E-state index is 0.174. The van der Waals surface area contributed by atoms with Crippen molar-refractivity contribution in [3.05, 3.63) is 109 Å². The average molecular weight is 1360 g/mol. The van der Waals surface area contributed by atoms with Crippen molar-refractivity contribution in [1.82, 2.24) is 5.32 Å². The summed E-state index contributed by atoms with van der Waals surface area (Å²) in [7, 11) is 0. The monoisotopic (exact) mass is 1360 g/mol. The first-order valence-electron chi connectivity index (χ1n) is 41.6. The van der Waals surface area contributed by atoms with E-state index in [9.17, 15) is 30.3 Å². The van der Waals surface area contributed by atoms with Crippen molar-refractivity contribution in [3.63, 3.8) is 0 Å². The van der Waals surface area contributed by atoms with Gasteiger partial charge >= 0.3 is 0 Å². The summed E-state index contributed by atoms with van der Waals surface area (Å²) in [5, 5.41) is 55.0. The zero-order chi connectivity index (χ0) is 69.9. The molecule has 0 aromatic heterocycles. The lowest BCUT2D eigenvalue weighted by molar-refractivity contribution is -0.302. The van der Waals surface area contributed by atoms with E-state index in [-0.39, 0.29) is 12.5 Å². The van der Waals surface area contributed by atoms with Gasteiger partial charge in [0.25, 0.3) is 0 Å². The fourth-order valence-electron chi connectivity index (χ4n) is 12.9. The van der Waals surface area contributed by atoms with Gasteiger partial charge in [0.2, 0.25) is 5.91 Å². The molecule has 0 aliphatic carbocycles. The van der Waals surface area contributed by atoms with E-state index in [0.717, 1.165) is 89.9 Å². The van der Waals surface area contributed by atoms with Crippen molar-refractivity contribution >= 4 is 5.91 Å². The highest BCUT2D eigenvalue weighted by atomic mass is 16.7. The van der Waals surface area contributed by atoms with Crippen molar-refractivity contribution in [1.29, 1.82) is 0 Å². The summed E-state index contributed by atoms with van der Waals surface area (Å²) in [5.74, 6) is -0.174. The van der Waals surface area contributed by atoms with E-state index >= 15 is 0 Å². The third-order valence-corrected chi connectivity index (χ3v) is 19.4. The number of carbonyl (C=O) groups excluding carboxylic acids is 1. The van der Waals surface area contributed by atoms with Crippen LogP contribution in [0, 0.1) is 0 Å². The van der Waals surface area contributed by atoms with Crippen LogP contribution < -0.4 is 5.32 Å². The molecule has 6 N–H and O–H groups in total. The van der Waals surface area contributed by atoms with Crippen LogP contribution in [-0.2, 0) is 14.3 Å². The number of allylic oxidation sites excluding steroid dienone is 17. The molecule has 0 aromatic carbocycles. The molecule has 0 radical (unpaired) electrons. The maximum atomic E-state index is 13.2. The molecule has 0 bridgehead atoms. The Labute approximate surface area is 599 Å². The fraction of sp³-hybridized carbons (Fsp3) is 0.784. The van der Waals surface area contributed by atoms with E-state index in [1.807, 2.05) is 6.08 Å². The van der Waals surface area contributed by atoms with E-state index in [0.29, 0.717) is 6.42 Å². The fourth-order valence-corrected chi connectivity index (χ4v) is 12.9. The first-order valence-corrected chi connectivity index (χ1v) is 41.6. The Balaban J connectivity index is 2.07. The van der Waals surface area contributed by atoms with Gasteiger partial charge in [0.15, 0.2) is 6.29 Å². The van der Waals surface area contributed by atoms with Crippen molar-refractivity contribution < 1.29 is 39.8 Å². The third-order valence-electron chi connectivity index (χ3n) is 19.4. The second-order valence-electron chi connectivity index (χ2n) is 28.5. The van der Waals surface area contributed by atoms with Gasteiger partial charge in [0.1, 0.15) is 24.4 Å². The van der Waals surface area contributed by atoms with Gasteiger partial charge in [-0.05, 0) is 83.5 Å². The number of aliphatic hydroxyl groups excluding tert-OH is 5. The molecule has 0 aromatic rings. The maximum Gasteiger partial charge on any atom is 0.220 e. The summed E-state index contributed by atoms with van der Waals surface area (Å²) >= 11 is 0. The van der Waals surface area contributed by atoms with Crippen LogP contribution in [0.15, 0.2) is 109 Å². The van der Waals surface area contributed by atoms with Gasteiger partial charge in [-0.2, -0.15) is 0 Å². The molecule has 1 saturated heterocycles. The Morgan fingerprint density at radius 3 is 0.948 bits per heavy atom. The van der Waals surface area contributed by atoms with Crippen LogP contribution in [0.5, 0.6) is 0 Å². The lowest BCUT2D eigenvalue weighted by atomic mass is 9.99. The molecule has 1 fully saturated rings. The van der Waals surface area contributed by atoms with Crippen LogP contribution in [0.1, 0.15) is 386 Å². The molecule has 1 aliphatic heterocycles. The first kappa shape index (κ1) is 91.9. The molecule has 0 saturated carbocycles. The summed E-state index contributed by atoms with van der Waals surface area (Å²) in [6.45, 7) is 3.71. The van der Waals surface area contributed by atoms with E-state index in [2.05, 4.69) is 116 Å². The van der Waals surface area contributed by atoms with Gasteiger partial charge in [-0.25, -0.2) is 0 Å². The maximum absolute atomic E-state index is 13.2. The molecule has 0 spiro atoms. The molecule has 1 rings (SSSR count). The summed E-state index contributed by atoms with van der Waals surface area (Å²) in [6.07, 6.45) is 105. The summed E-state index contributed by atoms with van der Waals surface area (Å²) in [6, 6.07) is -0.812. The minimum atomic E-state index is -1.57. The quantitative estimate of drug-likeness (QED) is 0.0261. The number of unbranched alkanes of at least 4 members (excludes halogenated alkanes) is 47. The zero-order valence-corrected chi connectivity index (χ0v) is 63.3. The molecule has 1 heterocycles. The number of hydrogen-bond acceptors (Lipinski definition) is 8. The Morgan fingerprint density at radius 1 is 0.361 bits per heavy atom. The number of aliphatic hydroxyl groups is 5. The number of nitrogens with one attached hydrogen (secondary N) is 1. The lowest BCUT2D eigenvalue weighted by Crippen LogP contribution is -2.60. The van der Waals surface area contributed by atoms with Crippen LogP contribution in [0.25, 0.3) is 0 Å². The highest BCUT2D eigenvalue weighted by Crippen LogP contribution is 2.24. The number of rotatable bonds is 73. The smallest absolute Gasteiger partial charge is 0.220 e. The zero-order valence-electron chi connectivity index (χ0n) is 63.3. The van der Waals surface area contributed by atoms with Gasteiger partial charge < -0.3 is 40.3 Å². The summed E-state index contributed by atoms with van der Waals surface area (Å²) < 4.78 is 11.4. The van der Waals surface area contributed by atoms with Gasteiger partial charge in [-0.15, -0.1) is 0 Å². The number of carbonyl (C=O) groups is 1. The molecule has 562 valence electrons. The largest absolute Gasteiger partial charge is 0.394 e. The van der Waals surface area contributed by atoms with Crippen molar-refractivity contribution in [2.45, 2.75) is 429 Å². The number of amides is 1. The standard InChI is InChI=1S/C88H157NO8/c1-3-5-7-9-11-13-15-17-19-21-23-25-27-29-31-33-35-37-38-39-40-41-42-43-44-46-48-50-52-54-56-58-60-62-64-66-68-70-72-74-76-78-84(92)89-81(80-96-88-87(95)86(94)85(93)83(79-90)97-88)82(91)77-75-73-71-69-67-65-63-61-59-57-55-53-51-49-47-45-36-34-32-30-28-26-24-22-20-18-16-14-12-10-8-6-4-2/h5,7,11,13,17,19,23,25,29,31,35,37,39-40,42-43,75,77,81-83,85-88,90-91,93-95H,3-4,6,8-10,12,14-16,18,20-22,24,26-28,30,32-34,36,38,41,44-74,76,78-80H2,1-2H3,(H,89,92)/b7-5-,13-11-,19-17-,25-23-,31-29-,37-35-,40-39-,43-42-,77-75+. The molecule has 7 unspecified atom stereocenters. The van der Waals surface area contributed by atoms with Crippen LogP contribution >= 0.6 is 0 Å². The first-order chi connectivity index (χ1) is 47.8. The molecule has 97 heavy (non-hydrogen) atoms. The van der Waals surface area contributed by atoms with Crippen LogP contribution in [-0.4, -0.2) is 87.5 Å². The normalized spacial score (nSPS) is 17.9. The summed E-state index contributed by atoms with van der Waals surface area (Å²) in [5.41, 5.74) is 0. The second kappa shape index (κ2) is 75.5. The number of hydrogen-bond donors (Lipinski definition) is 6. The molecule has 7 atom stereocenters. The predicted molar refractivity (Wildman–Crippen MR) is 419 cm³/mol. The SMILES string of the molecule is CC/C=C\C/C=C\C/C=C\C/C=C\C/C=C\C/C=C\C/C=C\C/C=C\CCCCCCCCCCCCCCCCCCC(=O)NC(COC1OC(CO)C(O)C(O)C1O)C(O)/C=C/CCCCCCCCCCCCCCCCCCCCCCCCCCCCCCCCC. The Morgan fingerprint density at radius 2 is 0.639 bits per heavy atom. The molecule has 9 heteroatoms. The van der Waals surface area contributed by atoms with Gasteiger partial charge in [-0.3, -0.25) is 4.79 Å². The number of ether oxygens (including phenoxy) is 2. The van der Waals surface area contributed by atoms with E-state index in [4.69, 9.17) is 9.47 Å². The van der Waals surface area contributed by atoms with E-state index in [1.165, 1.54) is 276 Å². The molecule has 1 amide bonds. The Hall–Kier alpha value is -3.15. The topological polar surface area (TPSA) is 149 Å². The van der Waals surface area contributed by atoms with Crippen LogP contribution in [0.2, 0.25) is 0 Å². The van der Waals surface area contributed by atoms with E-state index < -0.39 is 49.5 Å². The molecule has 9 nitrogen and oxygen atoms in total. The Bertz CT molecular complexity index is 1920. The van der Waals surface area contributed by atoms with Crippen molar-refractivity contribution in [3.8, 4) is 0 Å².